The van der Waals surface area contributed by atoms with Crippen LogP contribution in [0.3, 0.4) is 0 Å². The van der Waals surface area contributed by atoms with Crippen molar-refractivity contribution in [1.29, 1.82) is 0 Å². The Bertz CT molecular complexity index is 1150. The smallest absolute Gasteiger partial charge is 0.215 e. The summed E-state index contributed by atoms with van der Waals surface area (Å²) in [7, 11) is -5.39. The molecule has 0 unspecified atom stereocenters. The molecule has 0 bridgehead atoms. The van der Waals surface area contributed by atoms with Gasteiger partial charge in [-0.2, -0.15) is 0 Å². The maximum Gasteiger partial charge on any atom is 0.215 e. The first-order valence-electron chi connectivity index (χ1n) is 12.4. The van der Waals surface area contributed by atoms with E-state index in [2.05, 4.69) is 0 Å². The van der Waals surface area contributed by atoms with Gasteiger partial charge in [-0.1, -0.05) is 6.07 Å². The average Bonchev–Trinajstić information content (AvgIpc) is 2.88. The molecular weight excluding hydrogens is 274 g/mol. The highest BCUT2D eigenvalue weighted by atomic mass is 32.2. The van der Waals surface area contributed by atoms with Gasteiger partial charge in [0.1, 0.15) is 1.41 Å². The van der Waals surface area contributed by atoms with Crippen LogP contribution in [-0.4, -0.2) is 45.8 Å². The van der Waals surface area contributed by atoms with Gasteiger partial charge in [-0.25, -0.2) is 13.1 Å². The first-order chi connectivity index (χ1) is 15.0. The van der Waals surface area contributed by atoms with E-state index in [1.165, 1.54) is 0 Å². The van der Waals surface area contributed by atoms with Gasteiger partial charge in [-0.05, 0) is 50.6 Å². The van der Waals surface area contributed by atoms with E-state index in [-0.39, 0.29) is 27.8 Å². The minimum absolute atomic E-state index is 0.0183. The van der Waals surface area contributed by atoms with Gasteiger partial charge in [0.15, 0.2) is 1.41 Å². The summed E-state index contributed by atoms with van der Waals surface area (Å²) in [4.78, 5) is 0.862. The average molecular weight is 309 g/mol. The molecule has 20 heavy (non-hydrogen) atoms. The number of likely N-dealkylation sites (N-methyl/N-ethyl adjacent to an activating group) is 1. The number of hydrogen-bond acceptors (Lipinski definition) is 3. The fraction of sp³-hybridized carbons (Fsp3) is 0.429. The van der Waals surface area contributed by atoms with Crippen molar-refractivity contribution in [1.82, 2.24) is 14.6 Å². The molecule has 2 aromatic rings. The topological polar surface area (TPSA) is 65.2 Å². The molecule has 110 valence electrons. The molecule has 2 N–H and O–H groups in total. The fourth-order valence-corrected chi connectivity index (χ4v) is 2.18. The summed E-state index contributed by atoms with van der Waals surface area (Å²) in [5.74, 6) is 0. The van der Waals surface area contributed by atoms with Crippen molar-refractivity contribution >= 4 is 20.9 Å². The van der Waals surface area contributed by atoms with Crippen LogP contribution in [0.1, 0.15) is 27.6 Å². The molecule has 0 amide bonds. The highest BCUT2D eigenvalue weighted by Gasteiger charge is 2.11. The predicted molar refractivity (Wildman–Crippen MR) is 82.2 cm³/mol. The Morgan fingerprint density at radius 3 is 3.20 bits per heavy atom. The summed E-state index contributed by atoms with van der Waals surface area (Å²) < 4.78 is 130. The number of aromatic nitrogens is 1. The van der Waals surface area contributed by atoms with Gasteiger partial charge in [0.2, 0.25) is 10.0 Å². The van der Waals surface area contributed by atoms with Crippen LogP contribution in [-0.2, 0) is 22.1 Å². The third-order valence-corrected chi connectivity index (χ3v) is 3.32. The van der Waals surface area contributed by atoms with Crippen molar-refractivity contribution in [3.8, 4) is 0 Å². The van der Waals surface area contributed by atoms with Gasteiger partial charge < -0.3 is 9.88 Å². The molecule has 0 aliphatic carbocycles. The Kier molecular flexibility index (Phi) is 1.52. The maximum absolute atomic E-state index is 12.5. The highest BCUT2D eigenvalue weighted by Crippen LogP contribution is 2.21. The fourth-order valence-electron chi connectivity index (χ4n) is 1.71. The number of sulfonamides is 1. The molecule has 6 heteroatoms. The van der Waals surface area contributed by atoms with Crippen molar-refractivity contribution in [2.24, 2.45) is 0 Å². The van der Waals surface area contributed by atoms with Gasteiger partial charge >= 0.3 is 0 Å². The minimum atomic E-state index is -5.39. The first kappa shape index (κ1) is 5.12. The highest BCUT2D eigenvalue weighted by molar-refractivity contribution is 7.88. The molecule has 1 aromatic carbocycles. The van der Waals surface area contributed by atoms with Crippen LogP contribution >= 0.6 is 0 Å². The van der Waals surface area contributed by atoms with E-state index in [4.69, 9.17) is 19.3 Å². The lowest BCUT2D eigenvalue weighted by Gasteiger charge is -2.08. The minimum Gasteiger partial charge on any atom is -0.361 e. The van der Waals surface area contributed by atoms with Gasteiger partial charge in [0, 0.05) is 38.7 Å². The second-order valence-electron chi connectivity index (χ2n) is 4.00. The molecule has 2 rings (SSSR count). The molecule has 1 aromatic heterocycles. The van der Waals surface area contributed by atoms with Gasteiger partial charge in [-0.3, -0.25) is 0 Å². The molecule has 5 nitrogen and oxygen atoms in total. The molecule has 0 atom stereocenters. The summed E-state index contributed by atoms with van der Waals surface area (Å²) in [5, 5.41) is -0.0296. The second kappa shape index (κ2) is 5.95. The normalized spacial score (nSPS) is 25.5. The number of fused-ring (bicyclic) bond motifs is 1. The largest absolute Gasteiger partial charge is 0.361 e. The molecule has 0 spiro atoms. The Labute approximate surface area is 139 Å². The van der Waals surface area contributed by atoms with Crippen LogP contribution in [0.15, 0.2) is 24.4 Å². The molecule has 0 aliphatic rings. The van der Waals surface area contributed by atoms with Gasteiger partial charge in [-0.15, -0.1) is 0 Å². The number of aromatic amines is 1. The van der Waals surface area contributed by atoms with E-state index < -0.39 is 59.7 Å². The lowest BCUT2D eigenvalue weighted by molar-refractivity contribution is 0.414. The van der Waals surface area contributed by atoms with E-state index in [0.717, 1.165) is 18.2 Å². The zero-order valence-corrected chi connectivity index (χ0v) is 11.0. The van der Waals surface area contributed by atoms with Crippen molar-refractivity contribution in [3.05, 3.63) is 35.5 Å². The van der Waals surface area contributed by atoms with Crippen LogP contribution in [0, 0.1) is 0 Å². The van der Waals surface area contributed by atoms with Crippen LogP contribution < -0.4 is 4.72 Å². The summed E-state index contributed by atoms with van der Waals surface area (Å²) in [6, 6.07) is 3.02. The third kappa shape index (κ3) is 3.59. The lowest BCUT2D eigenvalue weighted by atomic mass is 10.1. The summed E-state index contributed by atoms with van der Waals surface area (Å²) in [6.45, 7) is -10.1. The molecule has 0 saturated heterocycles. The molecule has 0 saturated carbocycles. The Morgan fingerprint density at radius 1 is 1.60 bits per heavy atom. The van der Waals surface area contributed by atoms with Crippen molar-refractivity contribution in [2.45, 2.75) is 12.1 Å². The molecule has 0 radical (unpaired) electrons. The summed E-state index contributed by atoms with van der Waals surface area (Å²) >= 11 is 0. The van der Waals surface area contributed by atoms with Crippen LogP contribution in [0.2, 0.25) is 2.82 Å². The first-order valence-corrected chi connectivity index (χ1v) is 6.94. The summed E-state index contributed by atoms with van der Waals surface area (Å²) in [6.07, 6.45) is -0.826. The molecular formula is C14H21N3O2S. The van der Waals surface area contributed by atoms with Gasteiger partial charge in [0.05, 0.1) is 7.08 Å². The number of hydrogen-bond donors (Lipinski definition) is 2. The number of nitrogens with zero attached hydrogens (tertiary/aromatic N) is 1. The van der Waals surface area contributed by atoms with Crippen LogP contribution in [0.4, 0.5) is 0 Å². The zero-order chi connectivity index (χ0) is 26.7. The Balaban J connectivity index is 2.60. The zero-order valence-electron chi connectivity index (χ0n) is 24.2. The van der Waals surface area contributed by atoms with E-state index >= 15 is 0 Å². The Morgan fingerprint density at radius 2 is 2.45 bits per heavy atom. The quantitative estimate of drug-likeness (QED) is 0.846. The SMILES string of the molecule is [2H]c1c(CCN(C([2H])([2H])[2H])C([2H])([2H])[2H])c2cc(C([2H])([2H])S(=O)(=O)N([2H])C([2H])([2H])[2H])ccc2n1[2H]. The standard InChI is InChI=1S/C14H21N3O2S/c1-15-20(18,19)10-11-4-5-14-13(8-11)12(9-16-14)6-7-17(2)3/h4-5,8-9,15-16H,6-7,10H2,1-3H3/i1D3,2D3,3D3,9D,10D2/hD2. The Hall–Kier alpha value is -1.37. The van der Waals surface area contributed by atoms with E-state index in [1.807, 2.05) is 0 Å². The van der Waals surface area contributed by atoms with Crippen molar-refractivity contribution < 1.29 is 27.7 Å². The number of nitrogens with one attached hydrogen (secondary N) is 2. The monoisotopic (exact) mass is 309 g/mol. The predicted octanol–water partition coefficient (Wildman–Crippen LogP) is 1.32. The second-order valence-corrected chi connectivity index (χ2v) is 5.34. The van der Waals surface area contributed by atoms with Crippen molar-refractivity contribution in [2.75, 3.05) is 27.5 Å². The third-order valence-electron chi connectivity index (χ3n) is 2.59. The van der Waals surface area contributed by atoms with E-state index in [9.17, 15) is 8.42 Å². The number of H-pyrrole nitrogens is 1. The van der Waals surface area contributed by atoms with Crippen LogP contribution in [0.5, 0.6) is 0 Å². The van der Waals surface area contributed by atoms with Crippen LogP contribution in [0.25, 0.3) is 10.9 Å². The van der Waals surface area contributed by atoms with E-state index in [1.54, 1.807) is 0 Å². The molecule has 1 heterocycles. The number of benzene rings is 1. The molecule has 0 aliphatic heterocycles. The van der Waals surface area contributed by atoms with Gasteiger partial charge in [0.25, 0.3) is 0 Å². The van der Waals surface area contributed by atoms with Crippen molar-refractivity contribution in [3.63, 3.8) is 0 Å². The lowest BCUT2D eigenvalue weighted by Crippen LogP contribution is -2.20. The summed E-state index contributed by atoms with van der Waals surface area (Å²) in [5.41, 5.74) is -4.02. The maximum atomic E-state index is 12.5. The number of rotatable bonds is 6. The van der Waals surface area contributed by atoms with E-state index in [0.29, 0.717) is 4.98 Å². The molecule has 0 fully saturated rings.